The van der Waals surface area contributed by atoms with Crippen LogP contribution in [0.2, 0.25) is 0 Å². The smallest absolute Gasteiger partial charge is 0.0465 e. The predicted octanol–water partition coefficient (Wildman–Crippen LogP) is 2.77. The molecule has 0 saturated carbocycles. The average Bonchev–Trinajstić information content (AvgIpc) is 1.89. The summed E-state index contributed by atoms with van der Waals surface area (Å²) in [5.41, 5.74) is 0. The van der Waals surface area contributed by atoms with Crippen molar-refractivity contribution in [1.29, 1.82) is 0 Å². The third kappa shape index (κ3) is 10.8. The standard InChI is InChI=1S/C8H18O.H3N/c1-3-5-7-9-8-6-4-2;/h3-8H2,1-2H3;1H3. The van der Waals surface area contributed by atoms with Gasteiger partial charge in [-0.15, -0.1) is 0 Å². The minimum absolute atomic E-state index is 0. The summed E-state index contributed by atoms with van der Waals surface area (Å²) < 4.78 is 5.31. The van der Waals surface area contributed by atoms with E-state index in [4.69, 9.17) is 4.74 Å². The molecule has 2 heteroatoms. The van der Waals surface area contributed by atoms with Crippen LogP contribution in [0.25, 0.3) is 0 Å². The molecule has 0 heterocycles. The highest BCUT2D eigenvalue weighted by Gasteiger charge is 1.84. The molecule has 0 atom stereocenters. The second-order valence-electron chi connectivity index (χ2n) is 2.32. The molecule has 0 spiro atoms. The first-order chi connectivity index (χ1) is 4.41. The molecule has 0 aliphatic heterocycles. The van der Waals surface area contributed by atoms with Gasteiger partial charge in [-0.25, -0.2) is 0 Å². The largest absolute Gasteiger partial charge is 0.381 e. The topological polar surface area (TPSA) is 44.2 Å². The van der Waals surface area contributed by atoms with Gasteiger partial charge < -0.3 is 10.9 Å². The number of rotatable bonds is 6. The first-order valence-corrected chi connectivity index (χ1v) is 3.99. The van der Waals surface area contributed by atoms with Crippen LogP contribution in [0.3, 0.4) is 0 Å². The molecule has 0 aromatic carbocycles. The first kappa shape index (κ1) is 12.6. The van der Waals surface area contributed by atoms with Crippen molar-refractivity contribution in [3.05, 3.63) is 0 Å². The summed E-state index contributed by atoms with van der Waals surface area (Å²) in [5, 5.41) is 0. The summed E-state index contributed by atoms with van der Waals surface area (Å²) in [7, 11) is 0. The van der Waals surface area contributed by atoms with Gasteiger partial charge in [0.25, 0.3) is 0 Å². The van der Waals surface area contributed by atoms with E-state index in [1.54, 1.807) is 0 Å². The van der Waals surface area contributed by atoms with E-state index in [0.717, 1.165) is 13.2 Å². The van der Waals surface area contributed by atoms with Crippen molar-refractivity contribution in [2.24, 2.45) is 0 Å². The quantitative estimate of drug-likeness (QED) is 0.587. The Kier molecular flexibility index (Phi) is 14.7. The van der Waals surface area contributed by atoms with Gasteiger partial charge in [-0.2, -0.15) is 0 Å². The molecule has 0 bridgehead atoms. The second-order valence-corrected chi connectivity index (χ2v) is 2.32. The minimum atomic E-state index is 0. The molecule has 0 aliphatic rings. The van der Waals surface area contributed by atoms with Crippen molar-refractivity contribution >= 4 is 0 Å². The summed E-state index contributed by atoms with van der Waals surface area (Å²) >= 11 is 0. The summed E-state index contributed by atoms with van der Waals surface area (Å²) in [6.45, 7) is 6.28. The van der Waals surface area contributed by atoms with Gasteiger partial charge in [-0.3, -0.25) is 0 Å². The maximum absolute atomic E-state index is 5.31. The van der Waals surface area contributed by atoms with Crippen LogP contribution in [-0.2, 0) is 4.74 Å². The van der Waals surface area contributed by atoms with Gasteiger partial charge in [0.15, 0.2) is 0 Å². The van der Waals surface area contributed by atoms with Crippen LogP contribution in [0.4, 0.5) is 0 Å². The van der Waals surface area contributed by atoms with Gasteiger partial charge in [-0.1, -0.05) is 26.7 Å². The van der Waals surface area contributed by atoms with Gasteiger partial charge in [0.05, 0.1) is 0 Å². The number of hydrogen-bond acceptors (Lipinski definition) is 2. The lowest BCUT2D eigenvalue weighted by molar-refractivity contribution is 0.128. The van der Waals surface area contributed by atoms with E-state index in [2.05, 4.69) is 13.8 Å². The molecule has 0 unspecified atom stereocenters. The summed E-state index contributed by atoms with van der Waals surface area (Å²) in [4.78, 5) is 0. The number of unbranched alkanes of at least 4 members (excludes halogenated alkanes) is 2. The Balaban J connectivity index is 0. The van der Waals surface area contributed by atoms with Crippen LogP contribution < -0.4 is 6.15 Å². The zero-order valence-electron chi connectivity index (χ0n) is 7.36. The van der Waals surface area contributed by atoms with Crippen LogP contribution in [0, 0.1) is 0 Å². The molecule has 0 aromatic rings. The van der Waals surface area contributed by atoms with Crippen LogP contribution in [-0.4, -0.2) is 13.2 Å². The Labute approximate surface area is 64.5 Å². The summed E-state index contributed by atoms with van der Waals surface area (Å²) in [6, 6.07) is 0. The van der Waals surface area contributed by atoms with Crippen LogP contribution >= 0.6 is 0 Å². The van der Waals surface area contributed by atoms with Gasteiger partial charge >= 0.3 is 0 Å². The lowest BCUT2D eigenvalue weighted by atomic mass is 10.3. The van der Waals surface area contributed by atoms with E-state index in [0.29, 0.717) is 0 Å². The van der Waals surface area contributed by atoms with Crippen LogP contribution in [0.5, 0.6) is 0 Å². The second kappa shape index (κ2) is 11.7. The van der Waals surface area contributed by atoms with Crippen LogP contribution in [0.1, 0.15) is 39.5 Å². The van der Waals surface area contributed by atoms with Crippen molar-refractivity contribution in [3.63, 3.8) is 0 Å². The molecular formula is C8H21NO. The molecule has 0 radical (unpaired) electrons. The Morgan fingerprint density at radius 3 is 1.60 bits per heavy atom. The Bertz CT molecular complexity index is 42.5. The van der Waals surface area contributed by atoms with Gasteiger partial charge in [-0.05, 0) is 12.8 Å². The van der Waals surface area contributed by atoms with Gasteiger partial charge in [0.1, 0.15) is 0 Å². The Morgan fingerprint density at radius 1 is 0.900 bits per heavy atom. The van der Waals surface area contributed by atoms with Gasteiger partial charge in [0.2, 0.25) is 0 Å². The van der Waals surface area contributed by atoms with E-state index >= 15 is 0 Å². The predicted molar refractivity (Wildman–Crippen MR) is 45.7 cm³/mol. The van der Waals surface area contributed by atoms with Crippen molar-refractivity contribution in [2.75, 3.05) is 13.2 Å². The molecule has 64 valence electrons. The van der Waals surface area contributed by atoms with E-state index < -0.39 is 0 Å². The van der Waals surface area contributed by atoms with Crippen molar-refractivity contribution in [3.8, 4) is 0 Å². The SMILES string of the molecule is CCCCOCCCC.N. The molecule has 10 heavy (non-hydrogen) atoms. The molecule has 0 fully saturated rings. The fourth-order valence-corrected chi connectivity index (χ4v) is 0.595. The molecule has 2 nitrogen and oxygen atoms in total. The lowest BCUT2D eigenvalue weighted by Crippen LogP contribution is -1.95. The minimum Gasteiger partial charge on any atom is -0.381 e. The monoisotopic (exact) mass is 147 g/mol. The normalized spacial score (nSPS) is 9.00. The highest BCUT2D eigenvalue weighted by Crippen LogP contribution is 1.91. The molecule has 0 aliphatic carbocycles. The first-order valence-electron chi connectivity index (χ1n) is 3.99. The molecular weight excluding hydrogens is 126 g/mol. The lowest BCUT2D eigenvalue weighted by Gasteiger charge is -1.99. The number of hydrogen-bond donors (Lipinski definition) is 1. The Hall–Kier alpha value is -0.0800. The van der Waals surface area contributed by atoms with Crippen LogP contribution in [0.15, 0.2) is 0 Å². The molecule has 0 aromatic heterocycles. The molecule has 3 N–H and O–H groups in total. The molecule has 0 saturated heterocycles. The number of ether oxygens (including phenoxy) is 1. The Morgan fingerprint density at radius 2 is 1.30 bits per heavy atom. The molecule has 0 rings (SSSR count). The zero-order valence-corrected chi connectivity index (χ0v) is 7.36. The third-order valence-electron chi connectivity index (χ3n) is 1.28. The summed E-state index contributed by atoms with van der Waals surface area (Å²) in [6.07, 6.45) is 4.91. The molecule has 0 amide bonds. The maximum atomic E-state index is 5.31. The van der Waals surface area contributed by atoms with Crippen molar-refractivity contribution < 1.29 is 4.74 Å². The fraction of sp³-hybridized carbons (Fsp3) is 1.00. The highest BCUT2D eigenvalue weighted by atomic mass is 16.5. The fourth-order valence-electron chi connectivity index (χ4n) is 0.595. The van der Waals surface area contributed by atoms with Crippen molar-refractivity contribution in [2.45, 2.75) is 39.5 Å². The third-order valence-corrected chi connectivity index (χ3v) is 1.28. The average molecular weight is 147 g/mol. The van der Waals surface area contributed by atoms with E-state index in [9.17, 15) is 0 Å². The van der Waals surface area contributed by atoms with Gasteiger partial charge in [0, 0.05) is 13.2 Å². The van der Waals surface area contributed by atoms with E-state index in [1.807, 2.05) is 0 Å². The van der Waals surface area contributed by atoms with E-state index in [-0.39, 0.29) is 6.15 Å². The van der Waals surface area contributed by atoms with Crippen molar-refractivity contribution in [1.82, 2.24) is 6.15 Å². The summed E-state index contributed by atoms with van der Waals surface area (Å²) in [5.74, 6) is 0. The zero-order chi connectivity index (χ0) is 6.95. The highest BCUT2D eigenvalue weighted by molar-refractivity contribution is 4.33. The maximum Gasteiger partial charge on any atom is 0.0465 e. The van der Waals surface area contributed by atoms with E-state index in [1.165, 1.54) is 25.7 Å².